The van der Waals surface area contributed by atoms with Gasteiger partial charge in [0.05, 0.1) is 11.2 Å². The summed E-state index contributed by atoms with van der Waals surface area (Å²) < 4.78 is 0. The van der Waals surface area contributed by atoms with Crippen LogP contribution in [0, 0.1) is 0 Å². The highest BCUT2D eigenvalue weighted by Crippen LogP contribution is 2.26. The summed E-state index contributed by atoms with van der Waals surface area (Å²) in [4.78, 5) is 16.6. The van der Waals surface area contributed by atoms with Gasteiger partial charge in [0.25, 0.3) is 5.91 Å². The van der Waals surface area contributed by atoms with Crippen LogP contribution in [0.2, 0.25) is 0 Å². The van der Waals surface area contributed by atoms with E-state index in [1.54, 1.807) is 6.20 Å². The molecule has 0 unspecified atom stereocenters. The van der Waals surface area contributed by atoms with Gasteiger partial charge in [0.2, 0.25) is 0 Å². The van der Waals surface area contributed by atoms with E-state index in [2.05, 4.69) is 31.1 Å². The molecule has 15 heavy (non-hydrogen) atoms. The molecule has 84 valence electrons. The minimum Gasteiger partial charge on any atom is -0.349 e. The molecule has 1 heterocycles. The first-order valence-corrected chi connectivity index (χ1v) is 5.89. The van der Waals surface area contributed by atoms with E-state index >= 15 is 0 Å². The van der Waals surface area contributed by atoms with Gasteiger partial charge in [0, 0.05) is 11.5 Å². The minimum absolute atomic E-state index is 0.0149. The van der Waals surface area contributed by atoms with E-state index in [0.29, 0.717) is 4.88 Å². The molecule has 0 radical (unpaired) electrons. The molecule has 1 rings (SSSR count). The van der Waals surface area contributed by atoms with Crippen molar-refractivity contribution in [3.05, 3.63) is 16.1 Å². The number of aromatic nitrogens is 1. The lowest BCUT2D eigenvalue weighted by Gasteiger charge is -2.13. The van der Waals surface area contributed by atoms with Gasteiger partial charge in [-0.15, -0.1) is 11.3 Å². The van der Waals surface area contributed by atoms with E-state index in [1.807, 2.05) is 13.8 Å². The predicted molar refractivity (Wildman–Crippen MR) is 63.4 cm³/mol. The fourth-order valence-electron chi connectivity index (χ4n) is 1.06. The molecule has 0 aliphatic carbocycles. The van der Waals surface area contributed by atoms with Crippen molar-refractivity contribution in [2.75, 3.05) is 0 Å². The van der Waals surface area contributed by atoms with E-state index in [4.69, 9.17) is 0 Å². The van der Waals surface area contributed by atoms with Crippen molar-refractivity contribution in [2.24, 2.45) is 0 Å². The van der Waals surface area contributed by atoms with Crippen LogP contribution in [0.5, 0.6) is 0 Å². The minimum atomic E-state index is -0.0296. The third-order valence-electron chi connectivity index (χ3n) is 1.79. The second-order valence-electron chi connectivity index (χ2n) is 4.91. The number of hydrogen-bond acceptors (Lipinski definition) is 3. The van der Waals surface area contributed by atoms with Gasteiger partial charge in [0.1, 0.15) is 4.88 Å². The Kier molecular flexibility index (Phi) is 3.50. The van der Waals surface area contributed by atoms with Crippen molar-refractivity contribution in [2.45, 2.75) is 46.1 Å². The topological polar surface area (TPSA) is 42.0 Å². The molecule has 0 saturated carbocycles. The van der Waals surface area contributed by atoms with Crippen molar-refractivity contribution in [3.8, 4) is 0 Å². The molecule has 3 nitrogen and oxygen atoms in total. The number of carbonyl (C=O) groups excluding carboxylic acids is 1. The monoisotopic (exact) mass is 226 g/mol. The molecule has 0 saturated heterocycles. The van der Waals surface area contributed by atoms with Crippen LogP contribution in [0.25, 0.3) is 0 Å². The third-order valence-corrected chi connectivity index (χ3v) is 3.21. The molecule has 0 aliphatic heterocycles. The van der Waals surface area contributed by atoms with Gasteiger partial charge in [-0.1, -0.05) is 20.8 Å². The number of hydrogen-bond donors (Lipinski definition) is 1. The van der Waals surface area contributed by atoms with Gasteiger partial charge in [-0.3, -0.25) is 4.79 Å². The first-order valence-electron chi connectivity index (χ1n) is 5.08. The van der Waals surface area contributed by atoms with Crippen LogP contribution < -0.4 is 5.32 Å². The number of rotatable bonds is 2. The maximum absolute atomic E-state index is 11.7. The molecule has 1 aromatic heterocycles. The summed E-state index contributed by atoms with van der Waals surface area (Å²) in [6, 6.07) is 0.165. The largest absolute Gasteiger partial charge is 0.349 e. The SMILES string of the molecule is CC(C)NC(=O)c1cnc(C(C)(C)C)s1. The Hall–Kier alpha value is -0.900. The van der Waals surface area contributed by atoms with Gasteiger partial charge in [-0.25, -0.2) is 4.98 Å². The summed E-state index contributed by atoms with van der Waals surface area (Å²) in [6.07, 6.45) is 1.66. The summed E-state index contributed by atoms with van der Waals surface area (Å²) in [5.41, 5.74) is 0.0149. The van der Waals surface area contributed by atoms with Gasteiger partial charge in [0.15, 0.2) is 0 Å². The fourth-order valence-corrected chi connectivity index (χ4v) is 1.94. The van der Waals surface area contributed by atoms with Crippen LogP contribution >= 0.6 is 11.3 Å². The Morgan fingerprint density at radius 2 is 2.07 bits per heavy atom. The number of nitrogens with one attached hydrogen (secondary N) is 1. The van der Waals surface area contributed by atoms with Crippen LogP contribution in [-0.2, 0) is 5.41 Å². The number of amides is 1. The van der Waals surface area contributed by atoms with Crippen LogP contribution in [0.1, 0.15) is 49.3 Å². The van der Waals surface area contributed by atoms with Crippen LogP contribution in [0.3, 0.4) is 0 Å². The fraction of sp³-hybridized carbons (Fsp3) is 0.636. The summed E-state index contributed by atoms with van der Waals surface area (Å²) in [7, 11) is 0. The highest BCUT2D eigenvalue weighted by molar-refractivity contribution is 7.13. The zero-order valence-electron chi connectivity index (χ0n) is 9.92. The lowest BCUT2D eigenvalue weighted by Crippen LogP contribution is -2.29. The van der Waals surface area contributed by atoms with Crippen LogP contribution in [-0.4, -0.2) is 16.9 Å². The first-order chi connectivity index (χ1) is 6.80. The molecule has 0 spiro atoms. The Morgan fingerprint density at radius 3 is 2.47 bits per heavy atom. The van der Waals surface area contributed by atoms with Crippen molar-refractivity contribution in [1.29, 1.82) is 0 Å². The first kappa shape index (κ1) is 12.2. The normalized spacial score (nSPS) is 11.9. The predicted octanol–water partition coefficient (Wildman–Crippen LogP) is 2.58. The summed E-state index contributed by atoms with van der Waals surface area (Å²) in [6.45, 7) is 10.2. The molecule has 1 aromatic rings. The third kappa shape index (κ3) is 3.30. The Bertz CT molecular complexity index is 350. The summed E-state index contributed by atoms with van der Waals surface area (Å²) in [5.74, 6) is -0.0296. The van der Waals surface area contributed by atoms with Crippen LogP contribution in [0.4, 0.5) is 0 Å². The van der Waals surface area contributed by atoms with Crippen molar-refractivity contribution in [1.82, 2.24) is 10.3 Å². The molecule has 0 aliphatic rings. The Balaban J connectivity index is 2.81. The lowest BCUT2D eigenvalue weighted by molar-refractivity contribution is 0.0947. The maximum Gasteiger partial charge on any atom is 0.263 e. The van der Waals surface area contributed by atoms with Crippen LogP contribution in [0.15, 0.2) is 6.20 Å². The van der Waals surface area contributed by atoms with E-state index in [9.17, 15) is 4.79 Å². The highest BCUT2D eigenvalue weighted by atomic mass is 32.1. The summed E-state index contributed by atoms with van der Waals surface area (Å²) in [5, 5.41) is 3.85. The lowest BCUT2D eigenvalue weighted by atomic mass is 9.98. The molecule has 0 fully saturated rings. The Labute approximate surface area is 94.9 Å². The molecule has 0 bridgehead atoms. The molecule has 4 heteroatoms. The average Bonchev–Trinajstić information content (AvgIpc) is 2.48. The second kappa shape index (κ2) is 4.31. The van der Waals surface area contributed by atoms with Crippen molar-refractivity contribution >= 4 is 17.2 Å². The van der Waals surface area contributed by atoms with E-state index in [1.165, 1.54) is 11.3 Å². The van der Waals surface area contributed by atoms with E-state index in [0.717, 1.165) is 5.01 Å². The Morgan fingerprint density at radius 1 is 1.47 bits per heavy atom. The zero-order valence-corrected chi connectivity index (χ0v) is 10.7. The molecule has 0 atom stereocenters. The smallest absolute Gasteiger partial charge is 0.263 e. The number of thiazole rings is 1. The number of nitrogens with zero attached hydrogens (tertiary/aromatic N) is 1. The zero-order chi connectivity index (χ0) is 11.6. The standard InChI is InChI=1S/C11H18N2OS/c1-7(2)13-9(14)8-6-12-10(15-8)11(3,4)5/h6-7H,1-5H3,(H,13,14). The molecule has 1 amide bonds. The van der Waals surface area contributed by atoms with Crippen molar-refractivity contribution in [3.63, 3.8) is 0 Å². The maximum atomic E-state index is 11.7. The molecular formula is C11H18N2OS. The van der Waals surface area contributed by atoms with Gasteiger partial charge < -0.3 is 5.32 Å². The van der Waals surface area contributed by atoms with Gasteiger partial charge in [-0.2, -0.15) is 0 Å². The number of carbonyl (C=O) groups is 1. The summed E-state index contributed by atoms with van der Waals surface area (Å²) >= 11 is 1.47. The highest BCUT2D eigenvalue weighted by Gasteiger charge is 2.20. The van der Waals surface area contributed by atoms with Crippen molar-refractivity contribution < 1.29 is 4.79 Å². The van der Waals surface area contributed by atoms with Gasteiger partial charge in [-0.05, 0) is 13.8 Å². The van der Waals surface area contributed by atoms with E-state index < -0.39 is 0 Å². The van der Waals surface area contributed by atoms with Gasteiger partial charge >= 0.3 is 0 Å². The molecular weight excluding hydrogens is 208 g/mol. The molecule has 0 aromatic carbocycles. The van der Waals surface area contributed by atoms with E-state index in [-0.39, 0.29) is 17.4 Å². The molecule has 1 N–H and O–H groups in total. The quantitative estimate of drug-likeness (QED) is 0.842. The second-order valence-corrected chi connectivity index (χ2v) is 5.94. The average molecular weight is 226 g/mol.